The van der Waals surface area contributed by atoms with Gasteiger partial charge in [0.05, 0.1) is 13.0 Å². The second-order valence-corrected chi connectivity index (χ2v) is 5.59. The fraction of sp³-hybridized carbons (Fsp3) is 0.929. The summed E-state index contributed by atoms with van der Waals surface area (Å²) in [6, 6.07) is 1.24. The standard InChI is InChI=1S/C14H25NO2/c1-17-14(16)11-6-5-9-13(10-11)15-12-7-3-2-4-8-12/h11-13,15H,2-10H2,1H3. The van der Waals surface area contributed by atoms with E-state index in [1.54, 1.807) is 0 Å². The second-order valence-electron chi connectivity index (χ2n) is 5.59. The van der Waals surface area contributed by atoms with Crippen molar-refractivity contribution in [3.63, 3.8) is 0 Å². The highest BCUT2D eigenvalue weighted by Gasteiger charge is 2.29. The van der Waals surface area contributed by atoms with Crippen LogP contribution in [0, 0.1) is 5.92 Å². The highest BCUT2D eigenvalue weighted by atomic mass is 16.5. The zero-order valence-electron chi connectivity index (χ0n) is 10.9. The van der Waals surface area contributed by atoms with Crippen LogP contribution in [0.5, 0.6) is 0 Å². The van der Waals surface area contributed by atoms with Crippen molar-refractivity contribution < 1.29 is 9.53 Å². The lowest BCUT2D eigenvalue weighted by Crippen LogP contribution is -2.43. The van der Waals surface area contributed by atoms with Crippen molar-refractivity contribution in [1.29, 1.82) is 0 Å². The minimum atomic E-state index is -0.0138. The normalized spacial score (nSPS) is 31.1. The number of hydrogen-bond donors (Lipinski definition) is 1. The molecule has 2 atom stereocenters. The molecule has 0 saturated heterocycles. The van der Waals surface area contributed by atoms with Crippen LogP contribution in [0.1, 0.15) is 57.8 Å². The molecule has 0 aromatic carbocycles. The zero-order chi connectivity index (χ0) is 12.1. The first-order chi connectivity index (χ1) is 8.29. The van der Waals surface area contributed by atoms with Crippen LogP contribution in [0.25, 0.3) is 0 Å². The van der Waals surface area contributed by atoms with E-state index < -0.39 is 0 Å². The van der Waals surface area contributed by atoms with Gasteiger partial charge in [0.2, 0.25) is 0 Å². The predicted molar refractivity (Wildman–Crippen MR) is 67.8 cm³/mol. The highest BCUT2D eigenvalue weighted by Crippen LogP contribution is 2.27. The average Bonchev–Trinajstić information content (AvgIpc) is 2.39. The quantitative estimate of drug-likeness (QED) is 0.769. The van der Waals surface area contributed by atoms with Crippen LogP contribution in [0.2, 0.25) is 0 Å². The summed E-state index contributed by atoms with van der Waals surface area (Å²) in [7, 11) is 1.50. The maximum absolute atomic E-state index is 11.6. The van der Waals surface area contributed by atoms with E-state index in [4.69, 9.17) is 4.74 Å². The Morgan fingerprint density at radius 1 is 1.00 bits per heavy atom. The number of ether oxygens (including phenoxy) is 1. The van der Waals surface area contributed by atoms with Crippen LogP contribution in [-0.2, 0) is 9.53 Å². The molecule has 98 valence electrons. The summed E-state index contributed by atoms with van der Waals surface area (Å²) in [5.41, 5.74) is 0. The molecule has 2 saturated carbocycles. The minimum Gasteiger partial charge on any atom is -0.469 e. The number of rotatable bonds is 3. The van der Waals surface area contributed by atoms with Gasteiger partial charge in [-0.05, 0) is 32.1 Å². The first-order valence-corrected chi connectivity index (χ1v) is 7.13. The lowest BCUT2D eigenvalue weighted by atomic mass is 9.84. The molecule has 2 fully saturated rings. The molecule has 0 radical (unpaired) electrons. The van der Waals surface area contributed by atoms with Crippen molar-refractivity contribution in [2.75, 3.05) is 7.11 Å². The Hall–Kier alpha value is -0.570. The molecule has 0 aliphatic heterocycles. The molecule has 17 heavy (non-hydrogen) atoms. The number of hydrogen-bond acceptors (Lipinski definition) is 3. The van der Waals surface area contributed by atoms with Gasteiger partial charge >= 0.3 is 5.97 Å². The number of nitrogens with one attached hydrogen (secondary N) is 1. The molecule has 2 aliphatic carbocycles. The van der Waals surface area contributed by atoms with E-state index in [1.807, 2.05) is 0 Å². The summed E-state index contributed by atoms with van der Waals surface area (Å²) < 4.78 is 4.86. The Morgan fingerprint density at radius 2 is 1.71 bits per heavy atom. The third-order valence-electron chi connectivity index (χ3n) is 4.29. The first kappa shape index (κ1) is 12.9. The van der Waals surface area contributed by atoms with Crippen LogP contribution in [0.4, 0.5) is 0 Å². The van der Waals surface area contributed by atoms with E-state index >= 15 is 0 Å². The summed E-state index contributed by atoms with van der Waals surface area (Å²) in [5, 5.41) is 3.76. The van der Waals surface area contributed by atoms with E-state index in [0.29, 0.717) is 12.1 Å². The lowest BCUT2D eigenvalue weighted by molar-refractivity contribution is -0.146. The van der Waals surface area contributed by atoms with E-state index in [-0.39, 0.29) is 11.9 Å². The summed E-state index contributed by atoms with van der Waals surface area (Å²) >= 11 is 0. The van der Waals surface area contributed by atoms with Gasteiger partial charge in [-0.3, -0.25) is 4.79 Å². The van der Waals surface area contributed by atoms with E-state index in [0.717, 1.165) is 19.3 Å². The van der Waals surface area contributed by atoms with Gasteiger partial charge in [0.1, 0.15) is 0 Å². The van der Waals surface area contributed by atoms with Gasteiger partial charge in [-0.2, -0.15) is 0 Å². The van der Waals surface area contributed by atoms with E-state index in [1.165, 1.54) is 45.6 Å². The smallest absolute Gasteiger partial charge is 0.308 e. The van der Waals surface area contributed by atoms with Crippen molar-refractivity contribution in [2.24, 2.45) is 5.92 Å². The summed E-state index contributed by atoms with van der Waals surface area (Å²) in [4.78, 5) is 11.6. The van der Waals surface area contributed by atoms with Gasteiger partial charge in [0.15, 0.2) is 0 Å². The first-order valence-electron chi connectivity index (χ1n) is 7.13. The van der Waals surface area contributed by atoms with Crippen LogP contribution in [-0.4, -0.2) is 25.2 Å². The number of esters is 1. The minimum absolute atomic E-state index is 0.0138. The van der Waals surface area contributed by atoms with Crippen molar-refractivity contribution in [3.8, 4) is 0 Å². The molecule has 0 spiro atoms. The SMILES string of the molecule is COC(=O)C1CCCC(NC2CCCCC2)C1. The molecular weight excluding hydrogens is 214 g/mol. The summed E-state index contributed by atoms with van der Waals surface area (Å²) in [6.07, 6.45) is 11.1. The van der Waals surface area contributed by atoms with Gasteiger partial charge < -0.3 is 10.1 Å². The maximum atomic E-state index is 11.6. The molecule has 1 N–H and O–H groups in total. The molecule has 0 bridgehead atoms. The molecule has 2 rings (SSSR count). The Kier molecular flexibility index (Phi) is 4.84. The van der Waals surface area contributed by atoms with Crippen LogP contribution in [0.3, 0.4) is 0 Å². The molecule has 0 heterocycles. The molecule has 3 nitrogen and oxygen atoms in total. The van der Waals surface area contributed by atoms with Gasteiger partial charge in [-0.1, -0.05) is 25.7 Å². The van der Waals surface area contributed by atoms with Crippen molar-refractivity contribution in [1.82, 2.24) is 5.32 Å². The second kappa shape index (κ2) is 6.39. The highest BCUT2D eigenvalue weighted by molar-refractivity contribution is 5.72. The van der Waals surface area contributed by atoms with E-state index in [9.17, 15) is 4.79 Å². The fourth-order valence-electron chi connectivity index (χ4n) is 3.32. The average molecular weight is 239 g/mol. The third-order valence-corrected chi connectivity index (χ3v) is 4.29. The monoisotopic (exact) mass is 239 g/mol. The Balaban J connectivity index is 1.78. The molecule has 0 aromatic heterocycles. The molecular formula is C14H25NO2. The van der Waals surface area contributed by atoms with Crippen LogP contribution < -0.4 is 5.32 Å². The molecule has 2 aliphatic rings. The Morgan fingerprint density at radius 3 is 2.41 bits per heavy atom. The summed E-state index contributed by atoms with van der Waals surface area (Å²) in [6.45, 7) is 0. The number of methoxy groups -OCH3 is 1. The topological polar surface area (TPSA) is 38.3 Å². The molecule has 3 heteroatoms. The molecule has 2 unspecified atom stereocenters. The van der Waals surface area contributed by atoms with Gasteiger partial charge in [-0.25, -0.2) is 0 Å². The maximum Gasteiger partial charge on any atom is 0.308 e. The van der Waals surface area contributed by atoms with Crippen molar-refractivity contribution in [3.05, 3.63) is 0 Å². The van der Waals surface area contributed by atoms with Crippen LogP contribution in [0.15, 0.2) is 0 Å². The predicted octanol–water partition coefficient (Wildman–Crippen LogP) is 2.64. The third kappa shape index (κ3) is 3.70. The number of carbonyl (C=O) groups is 1. The molecule has 0 aromatic rings. The molecule has 0 amide bonds. The van der Waals surface area contributed by atoms with Gasteiger partial charge in [0.25, 0.3) is 0 Å². The van der Waals surface area contributed by atoms with Gasteiger partial charge in [0, 0.05) is 12.1 Å². The van der Waals surface area contributed by atoms with E-state index in [2.05, 4.69) is 5.32 Å². The largest absolute Gasteiger partial charge is 0.469 e. The number of carbonyl (C=O) groups excluding carboxylic acids is 1. The van der Waals surface area contributed by atoms with Crippen molar-refractivity contribution >= 4 is 5.97 Å². The Bertz CT molecular complexity index is 249. The zero-order valence-corrected chi connectivity index (χ0v) is 10.9. The summed E-state index contributed by atoms with van der Waals surface area (Å²) in [5.74, 6) is 0.120. The lowest BCUT2D eigenvalue weighted by Gasteiger charge is -2.33. The van der Waals surface area contributed by atoms with Crippen LogP contribution >= 0.6 is 0 Å². The fourth-order valence-corrected chi connectivity index (χ4v) is 3.32. The Labute approximate surface area is 104 Å². The van der Waals surface area contributed by atoms with Crippen molar-refractivity contribution in [2.45, 2.75) is 69.9 Å². The van der Waals surface area contributed by atoms with Gasteiger partial charge in [-0.15, -0.1) is 0 Å².